The van der Waals surface area contributed by atoms with Crippen molar-refractivity contribution >= 4 is 5.97 Å². The van der Waals surface area contributed by atoms with Crippen LogP contribution >= 0.6 is 0 Å². The Balaban J connectivity index is 1.98. The van der Waals surface area contributed by atoms with Crippen LogP contribution in [0.1, 0.15) is 41.9 Å². The molecule has 0 atom stereocenters. The van der Waals surface area contributed by atoms with Gasteiger partial charge < -0.3 is 9.47 Å². The zero-order valence-electron chi connectivity index (χ0n) is 11.5. The Kier molecular flexibility index (Phi) is 4.81. The highest BCUT2D eigenvalue weighted by Gasteiger charge is 2.34. The van der Waals surface area contributed by atoms with E-state index in [1.54, 1.807) is 6.92 Å². The Hall–Kier alpha value is -1.64. The minimum absolute atomic E-state index is 0.119. The Morgan fingerprint density at radius 1 is 1.43 bits per heavy atom. The third-order valence-corrected chi connectivity index (χ3v) is 2.92. The van der Waals surface area contributed by atoms with Gasteiger partial charge in [-0.15, -0.1) is 5.10 Å². The van der Waals surface area contributed by atoms with Crippen LogP contribution in [0, 0.1) is 0 Å². The summed E-state index contributed by atoms with van der Waals surface area (Å²) >= 11 is 0. The number of carbonyl (C=O) groups is 1. The van der Waals surface area contributed by atoms with Crippen LogP contribution in [0.25, 0.3) is 0 Å². The molecular formula is C12H16F3N3O3. The van der Waals surface area contributed by atoms with Crippen molar-refractivity contribution in [3.8, 4) is 0 Å². The van der Waals surface area contributed by atoms with Gasteiger partial charge >= 0.3 is 12.1 Å². The number of alkyl halides is 3. The molecule has 0 saturated heterocycles. The number of ether oxygens (including phenoxy) is 2. The van der Waals surface area contributed by atoms with Crippen LogP contribution in [0.15, 0.2) is 0 Å². The van der Waals surface area contributed by atoms with Gasteiger partial charge in [0.1, 0.15) is 6.61 Å². The first kappa shape index (κ1) is 15.7. The Bertz CT molecular complexity index is 498. The summed E-state index contributed by atoms with van der Waals surface area (Å²) in [7, 11) is 0. The minimum atomic E-state index is -4.35. The average Bonchev–Trinajstić information content (AvgIpc) is 3.14. The van der Waals surface area contributed by atoms with Crippen LogP contribution in [0.2, 0.25) is 0 Å². The first-order valence-electron chi connectivity index (χ1n) is 6.67. The van der Waals surface area contributed by atoms with E-state index in [0.717, 1.165) is 12.8 Å². The quantitative estimate of drug-likeness (QED) is 0.568. The van der Waals surface area contributed by atoms with Crippen LogP contribution < -0.4 is 0 Å². The van der Waals surface area contributed by atoms with Gasteiger partial charge in [0.25, 0.3) is 0 Å². The van der Waals surface area contributed by atoms with Crippen LogP contribution in [-0.2, 0) is 16.0 Å². The summed E-state index contributed by atoms with van der Waals surface area (Å²) in [5.74, 6) is -0.385. The number of esters is 1. The maximum Gasteiger partial charge on any atom is 0.411 e. The van der Waals surface area contributed by atoms with Crippen LogP contribution in [0.3, 0.4) is 0 Å². The third kappa shape index (κ3) is 4.42. The highest BCUT2D eigenvalue weighted by atomic mass is 19.4. The summed E-state index contributed by atoms with van der Waals surface area (Å²) in [5.41, 5.74) is 0.777. The van der Waals surface area contributed by atoms with Crippen molar-refractivity contribution in [3.63, 3.8) is 0 Å². The molecule has 0 radical (unpaired) electrons. The van der Waals surface area contributed by atoms with Crippen LogP contribution in [0.4, 0.5) is 13.2 Å². The van der Waals surface area contributed by atoms with Crippen molar-refractivity contribution in [2.75, 3.05) is 19.8 Å². The first-order valence-corrected chi connectivity index (χ1v) is 6.67. The highest BCUT2D eigenvalue weighted by Crippen LogP contribution is 2.41. The molecule has 1 aromatic heterocycles. The molecule has 0 N–H and O–H groups in total. The van der Waals surface area contributed by atoms with E-state index >= 15 is 0 Å². The number of carbonyl (C=O) groups excluding carboxylic acids is 1. The Morgan fingerprint density at radius 3 is 2.71 bits per heavy atom. The molecule has 9 heteroatoms. The number of hydrogen-bond acceptors (Lipinski definition) is 5. The molecule has 118 valence electrons. The number of nitrogens with zero attached hydrogens (tertiary/aromatic N) is 3. The standard InChI is InChI=1S/C12H16F3N3O3/c1-2-21-11(19)9-10(8-3-4-8)18(17-16-9)5-6-20-7-12(13,14)15/h8H,2-7H2,1H3. The van der Waals surface area contributed by atoms with E-state index in [-0.39, 0.29) is 31.4 Å². The molecule has 0 amide bonds. The summed E-state index contributed by atoms with van der Waals surface area (Å²) in [6.45, 7) is 0.582. The maximum absolute atomic E-state index is 12.0. The van der Waals surface area contributed by atoms with Crippen molar-refractivity contribution < 1.29 is 27.4 Å². The van der Waals surface area contributed by atoms with E-state index < -0.39 is 18.8 Å². The second kappa shape index (κ2) is 6.42. The van der Waals surface area contributed by atoms with Gasteiger partial charge in [0.15, 0.2) is 5.69 Å². The number of rotatable bonds is 7. The number of aromatic nitrogens is 3. The van der Waals surface area contributed by atoms with Crippen molar-refractivity contribution in [2.45, 2.75) is 38.4 Å². The molecule has 21 heavy (non-hydrogen) atoms. The zero-order valence-corrected chi connectivity index (χ0v) is 11.5. The first-order chi connectivity index (χ1) is 9.92. The molecule has 0 bridgehead atoms. The molecule has 0 unspecified atom stereocenters. The molecule has 1 fully saturated rings. The van der Waals surface area contributed by atoms with Gasteiger partial charge in [0.2, 0.25) is 0 Å². The number of hydrogen-bond donors (Lipinski definition) is 0. The van der Waals surface area contributed by atoms with E-state index in [9.17, 15) is 18.0 Å². The molecule has 1 aliphatic carbocycles. The summed E-state index contributed by atoms with van der Waals surface area (Å²) in [5, 5.41) is 7.60. The average molecular weight is 307 g/mol. The monoisotopic (exact) mass is 307 g/mol. The van der Waals surface area contributed by atoms with E-state index in [1.807, 2.05) is 0 Å². The fourth-order valence-corrected chi connectivity index (χ4v) is 1.93. The predicted molar refractivity (Wildman–Crippen MR) is 64.8 cm³/mol. The zero-order chi connectivity index (χ0) is 15.5. The molecule has 1 heterocycles. The molecule has 1 aliphatic rings. The third-order valence-electron chi connectivity index (χ3n) is 2.92. The van der Waals surface area contributed by atoms with Crippen molar-refractivity contribution in [3.05, 3.63) is 11.4 Å². The van der Waals surface area contributed by atoms with E-state index in [2.05, 4.69) is 15.0 Å². The van der Waals surface area contributed by atoms with Crippen molar-refractivity contribution in [2.24, 2.45) is 0 Å². The van der Waals surface area contributed by atoms with Gasteiger partial charge in [-0.05, 0) is 19.8 Å². The summed E-state index contributed by atoms with van der Waals surface area (Å²) in [6.07, 6.45) is -2.54. The molecule has 1 saturated carbocycles. The molecule has 1 aromatic rings. The Morgan fingerprint density at radius 2 is 2.14 bits per heavy atom. The van der Waals surface area contributed by atoms with Gasteiger partial charge in [-0.2, -0.15) is 13.2 Å². The van der Waals surface area contributed by atoms with Gasteiger partial charge in [0, 0.05) is 5.92 Å². The van der Waals surface area contributed by atoms with E-state index in [1.165, 1.54) is 4.68 Å². The molecule has 0 aliphatic heterocycles. The molecule has 6 nitrogen and oxygen atoms in total. The normalized spacial score (nSPS) is 15.2. The maximum atomic E-state index is 12.0. The summed E-state index contributed by atoms with van der Waals surface area (Å²) < 4.78 is 46.8. The summed E-state index contributed by atoms with van der Waals surface area (Å²) in [4.78, 5) is 11.8. The van der Waals surface area contributed by atoms with E-state index in [4.69, 9.17) is 4.74 Å². The lowest BCUT2D eigenvalue weighted by Gasteiger charge is -2.09. The minimum Gasteiger partial charge on any atom is -0.461 e. The molecule has 0 aromatic carbocycles. The van der Waals surface area contributed by atoms with Crippen molar-refractivity contribution in [1.29, 1.82) is 0 Å². The smallest absolute Gasteiger partial charge is 0.411 e. The highest BCUT2D eigenvalue weighted by molar-refractivity contribution is 5.88. The van der Waals surface area contributed by atoms with Gasteiger partial charge in [-0.1, -0.05) is 5.21 Å². The van der Waals surface area contributed by atoms with Crippen LogP contribution in [0.5, 0.6) is 0 Å². The Labute approximate surface area is 119 Å². The van der Waals surface area contributed by atoms with Crippen molar-refractivity contribution in [1.82, 2.24) is 15.0 Å². The van der Waals surface area contributed by atoms with Gasteiger partial charge in [0.05, 0.1) is 25.5 Å². The SMILES string of the molecule is CCOC(=O)c1nnn(CCOCC(F)(F)F)c1C1CC1. The molecular weight excluding hydrogens is 291 g/mol. The van der Waals surface area contributed by atoms with E-state index in [0.29, 0.717) is 5.69 Å². The fraction of sp³-hybridized carbons (Fsp3) is 0.750. The number of halogens is 3. The van der Waals surface area contributed by atoms with Crippen LogP contribution in [-0.4, -0.2) is 47.0 Å². The topological polar surface area (TPSA) is 66.2 Å². The summed E-state index contributed by atoms with van der Waals surface area (Å²) in [6, 6.07) is 0. The predicted octanol–water partition coefficient (Wildman–Crippen LogP) is 1.91. The second-order valence-electron chi connectivity index (χ2n) is 4.71. The lowest BCUT2D eigenvalue weighted by molar-refractivity contribution is -0.174. The fourth-order valence-electron chi connectivity index (χ4n) is 1.93. The molecule has 2 rings (SSSR count). The van der Waals surface area contributed by atoms with Gasteiger partial charge in [-0.25, -0.2) is 9.48 Å². The lowest BCUT2D eigenvalue weighted by Crippen LogP contribution is -2.20. The largest absolute Gasteiger partial charge is 0.461 e. The van der Waals surface area contributed by atoms with Gasteiger partial charge in [-0.3, -0.25) is 0 Å². The lowest BCUT2D eigenvalue weighted by atomic mass is 10.2. The second-order valence-corrected chi connectivity index (χ2v) is 4.71. The molecule has 0 spiro atoms.